The second-order valence-electron chi connectivity index (χ2n) is 3.85. The van der Waals surface area contributed by atoms with E-state index in [0.29, 0.717) is 13.2 Å². The Morgan fingerprint density at radius 1 is 1.11 bits per heavy atom. The number of aryl methyl sites for hydroxylation is 1. The van der Waals surface area contributed by atoms with Crippen molar-refractivity contribution in [2.75, 3.05) is 18.5 Å². The second-order valence-corrected chi connectivity index (χ2v) is 3.85. The molecule has 0 unspecified atom stereocenters. The molecule has 0 aliphatic carbocycles. The third-order valence-corrected chi connectivity index (χ3v) is 2.31. The maximum absolute atomic E-state index is 5.40. The summed E-state index contributed by atoms with van der Waals surface area (Å²) in [5.41, 5.74) is 7.20. The van der Waals surface area contributed by atoms with Crippen LogP contribution in [0.4, 0.5) is 11.5 Å². The monoisotopic (exact) mass is 244 g/mol. The Labute approximate surface area is 106 Å². The zero-order valence-electron chi connectivity index (χ0n) is 10.3. The third-order valence-electron chi connectivity index (χ3n) is 2.31. The van der Waals surface area contributed by atoms with Gasteiger partial charge in [-0.2, -0.15) is 5.10 Å². The average Bonchev–Trinajstić information content (AvgIpc) is 2.41. The quantitative estimate of drug-likeness (QED) is 0.840. The topological polar surface area (TPSA) is 73.1 Å². The molecular weight excluding hydrogens is 228 g/mol. The summed E-state index contributed by atoms with van der Waals surface area (Å²) in [4.78, 5) is 0. The lowest BCUT2D eigenvalue weighted by Crippen LogP contribution is -2.10. The highest BCUT2D eigenvalue weighted by atomic mass is 16.5. The van der Waals surface area contributed by atoms with Crippen LogP contribution in [0.5, 0.6) is 5.75 Å². The van der Waals surface area contributed by atoms with E-state index in [2.05, 4.69) is 15.5 Å². The fourth-order valence-electron chi connectivity index (χ4n) is 1.42. The number of aromatic nitrogens is 2. The lowest BCUT2D eigenvalue weighted by atomic mass is 10.3. The predicted octanol–water partition coefficient (Wildman–Crippen LogP) is 1.87. The molecule has 0 aliphatic heterocycles. The lowest BCUT2D eigenvalue weighted by Gasteiger charge is -2.07. The van der Waals surface area contributed by atoms with Crippen LogP contribution < -0.4 is 15.8 Å². The highest BCUT2D eigenvalue weighted by Gasteiger charge is 1.98. The molecular formula is C13H16N4O. The van der Waals surface area contributed by atoms with Crippen molar-refractivity contribution >= 4 is 11.5 Å². The Hall–Kier alpha value is -2.14. The molecule has 94 valence electrons. The molecule has 0 saturated carbocycles. The van der Waals surface area contributed by atoms with Gasteiger partial charge in [0.25, 0.3) is 0 Å². The van der Waals surface area contributed by atoms with E-state index in [-0.39, 0.29) is 0 Å². The molecule has 1 heterocycles. The standard InChI is InChI=1S/C13H16N4O/c1-10-2-7-13(17-16-10)15-11-3-5-12(6-4-11)18-9-8-14/h2-7H,8-9,14H2,1H3,(H,15,17). The van der Waals surface area contributed by atoms with Crippen LogP contribution in [0.15, 0.2) is 36.4 Å². The molecule has 2 aromatic rings. The zero-order valence-corrected chi connectivity index (χ0v) is 10.3. The van der Waals surface area contributed by atoms with Crippen LogP contribution >= 0.6 is 0 Å². The van der Waals surface area contributed by atoms with Gasteiger partial charge in [-0.05, 0) is 43.3 Å². The second kappa shape index (κ2) is 5.97. The van der Waals surface area contributed by atoms with Crippen molar-refractivity contribution < 1.29 is 4.74 Å². The molecule has 2 rings (SSSR count). The van der Waals surface area contributed by atoms with Crippen LogP contribution in [0.1, 0.15) is 5.69 Å². The molecule has 0 bridgehead atoms. The maximum Gasteiger partial charge on any atom is 0.153 e. The molecule has 0 saturated heterocycles. The van der Waals surface area contributed by atoms with Gasteiger partial charge >= 0.3 is 0 Å². The van der Waals surface area contributed by atoms with Crippen molar-refractivity contribution in [1.29, 1.82) is 0 Å². The number of nitrogens with one attached hydrogen (secondary N) is 1. The normalized spacial score (nSPS) is 10.1. The molecule has 0 aliphatic rings. The Kier molecular flexibility index (Phi) is 4.09. The van der Waals surface area contributed by atoms with Crippen LogP contribution in [-0.2, 0) is 0 Å². The van der Waals surface area contributed by atoms with E-state index in [1.807, 2.05) is 43.3 Å². The van der Waals surface area contributed by atoms with Gasteiger partial charge in [-0.3, -0.25) is 0 Å². The molecule has 5 heteroatoms. The van der Waals surface area contributed by atoms with E-state index in [4.69, 9.17) is 10.5 Å². The van der Waals surface area contributed by atoms with Gasteiger partial charge in [0.1, 0.15) is 12.4 Å². The van der Waals surface area contributed by atoms with Gasteiger partial charge in [0.05, 0.1) is 5.69 Å². The van der Waals surface area contributed by atoms with E-state index < -0.39 is 0 Å². The van der Waals surface area contributed by atoms with Gasteiger partial charge in [-0.1, -0.05) is 0 Å². The third kappa shape index (κ3) is 3.43. The molecule has 0 spiro atoms. The number of rotatable bonds is 5. The predicted molar refractivity (Wildman–Crippen MR) is 71.0 cm³/mol. The Bertz CT molecular complexity index is 481. The molecule has 0 radical (unpaired) electrons. The molecule has 1 aromatic heterocycles. The van der Waals surface area contributed by atoms with Crippen molar-refractivity contribution in [3.05, 3.63) is 42.1 Å². The van der Waals surface area contributed by atoms with Crippen LogP contribution in [0, 0.1) is 6.92 Å². The van der Waals surface area contributed by atoms with E-state index in [1.165, 1.54) is 0 Å². The summed E-state index contributed by atoms with van der Waals surface area (Å²) in [6.07, 6.45) is 0. The van der Waals surface area contributed by atoms with Crippen molar-refractivity contribution in [3.63, 3.8) is 0 Å². The summed E-state index contributed by atoms with van der Waals surface area (Å²) in [5.74, 6) is 1.53. The first-order chi connectivity index (χ1) is 8.78. The van der Waals surface area contributed by atoms with Crippen molar-refractivity contribution in [3.8, 4) is 5.75 Å². The Balaban J connectivity index is 1.99. The van der Waals surface area contributed by atoms with Crippen LogP contribution in [0.2, 0.25) is 0 Å². The Morgan fingerprint density at radius 3 is 2.50 bits per heavy atom. The first-order valence-corrected chi connectivity index (χ1v) is 5.78. The van der Waals surface area contributed by atoms with Crippen LogP contribution in [-0.4, -0.2) is 23.3 Å². The summed E-state index contributed by atoms with van der Waals surface area (Å²) in [6.45, 7) is 2.94. The number of anilines is 2. The Morgan fingerprint density at radius 2 is 1.89 bits per heavy atom. The van der Waals surface area contributed by atoms with E-state index in [0.717, 1.165) is 22.9 Å². The number of benzene rings is 1. The fraction of sp³-hybridized carbons (Fsp3) is 0.231. The maximum atomic E-state index is 5.40. The summed E-state index contributed by atoms with van der Waals surface area (Å²) in [5, 5.41) is 11.2. The van der Waals surface area contributed by atoms with Gasteiger partial charge < -0.3 is 15.8 Å². The molecule has 0 atom stereocenters. The number of hydrogen-bond acceptors (Lipinski definition) is 5. The van der Waals surface area contributed by atoms with Gasteiger partial charge in [-0.25, -0.2) is 0 Å². The van der Waals surface area contributed by atoms with Crippen LogP contribution in [0.3, 0.4) is 0 Å². The number of nitrogens with zero attached hydrogens (tertiary/aromatic N) is 2. The minimum atomic E-state index is 0.513. The van der Waals surface area contributed by atoms with E-state index >= 15 is 0 Å². The first-order valence-electron chi connectivity index (χ1n) is 5.78. The molecule has 0 fully saturated rings. The van der Waals surface area contributed by atoms with Crippen LogP contribution in [0.25, 0.3) is 0 Å². The van der Waals surface area contributed by atoms with E-state index in [9.17, 15) is 0 Å². The van der Waals surface area contributed by atoms with Gasteiger partial charge in [0.15, 0.2) is 5.82 Å². The van der Waals surface area contributed by atoms with Crippen molar-refractivity contribution in [2.24, 2.45) is 5.73 Å². The lowest BCUT2D eigenvalue weighted by molar-refractivity contribution is 0.328. The minimum Gasteiger partial charge on any atom is -0.492 e. The fourth-order valence-corrected chi connectivity index (χ4v) is 1.42. The summed E-state index contributed by atoms with van der Waals surface area (Å²) < 4.78 is 5.40. The summed E-state index contributed by atoms with van der Waals surface area (Å²) in [7, 11) is 0. The average molecular weight is 244 g/mol. The van der Waals surface area contributed by atoms with Gasteiger partial charge in [0, 0.05) is 12.2 Å². The molecule has 3 N–H and O–H groups in total. The summed E-state index contributed by atoms with van der Waals surface area (Å²) >= 11 is 0. The minimum absolute atomic E-state index is 0.513. The SMILES string of the molecule is Cc1ccc(Nc2ccc(OCCN)cc2)nn1. The number of hydrogen-bond donors (Lipinski definition) is 2. The van der Waals surface area contributed by atoms with Crippen molar-refractivity contribution in [2.45, 2.75) is 6.92 Å². The smallest absolute Gasteiger partial charge is 0.153 e. The van der Waals surface area contributed by atoms with Gasteiger partial charge in [0.2, 0.25) is 0 Å². The molecule has 1 aromatic carbocycles. The highest BCUT2D eigenvalue weighted by Crippen LogP contribution is 2.18. The summed E-state index contributed by atoms with van der Waals surface area (Å²) in [6, 6.07) is 11.4. The first kappa shape index (κ1) is 12.3. The molecule has 0 amide bonds. The number of ether oxygens (including phenoxy) is 1. The zero-order chi connectivity index (χ0) is 12.8. The van der Waals surface area contributed by atoms with Gasteiger partial charge in [-0.15, -0.1) is 5.10 Å². The number of nitrogens with two attached hydrogens (primary N) is 1. The molecule has 5 nitrogen and oxygen atoms in total. The largest absolute Gasteiger partial charge is 0.492 e. The van der Waals surface area contributed by atoms with Crippen molar-refractivity contribution in [1.82, 2.24) is 10.2 Å². The highest BCUT2D eigenvalue weighted by molar-refractivity contribution is 5.56. The van der Waals surface area contributed by atoms with E-state index in [1.54, 1.807) is 0 Å². The molecule has 18 heavy (non-hydrogen) atoms.